The Hall–Kier alpha value is -2.37. The number of hydrogen-bond acceptors (Lipinski definition) is 3. The molecule has 1 heterocycles. The average Bonchev–Trinajstić information content (AvgIpc) is 2.57. The molecule has 0 spiro atoms. The smallest absolute Gasteiger partial charge is 0.261 e. The molecule has 0 atom stereocenters. The molecule has 0 fully saturated rings. The summed E-state index contributed by atoms with van der Waals surface area (Å²) in [6, 6.07) is 12.1. The Morgan fingerprint density at radius 3 is 2.75 bits per heavy atom. The lowest BCUT2D eigenvalue weighted by Gasteiger charge is -2.09. The van der Waals surface area contributed by atoms with Crippen LogP contribution in [0.25, 0.3) is 10.9 Å². The van der Waals surface area contributed by atoms with E-state index in [-0.39, 0.29) is 18.0 Å². The maximum absolute atomic E-state index is 12.4. The van der Waals surface area contributed by atoms with Crippen LogP contribution in [0.5, 0.6) is 0 Å². The first-order valence-corrected chi connectivity index (χ1v) is 7.95. The minimum atomic E-state index is -0.310. The van der Waals surface area contributed by atoms with Gasteiger partial charge in [0.05, 0.1) is 17.2 Å². The number of hydrogen-bond donors (Lipinski definition) is 1. The molecular formula is C17H13Cl2N3O2. The van der Waals surface area contributed by atoms with Crippen LogP contribution >= 0.6 is 23.2 Å². The van der Waals surface area contributed by atoms with Crippen molar-refractivity contribution in [3.8, 4) is 0 Å². The van der Waals surface area contributed by atoms with E-state index in [1.165, 1.54) is 10.9 Å². The van der Waals surface area contributed by atoms with Crippen LogP contribution in [0.2, 0.25) is 10.0 Å². The maximum atomic E-state index is 12.4. The summed E-state index contributed by atoms with van der Waals surface area (Å²) in [5, 5.41) is 4.14. The van der Waals surface area contributed by atoms with Crippen LogP contribution in [0.1, 0.15) is 5.56 Å². The number of benzene rings is 2. The number of carbonyl (C=O) groups is 1. The zero-order valence-corrected chi connectivity index (χ0v) is 14.0. The number of aromatic nitrogens is 2. The van der Waals surface area contributed by atoms with Gasteiger partial charge in [0, 0.05) is 16.6 Å². The summed E-state index contributed by atoms with van der Waals surface area (Å²) < 4.78 is 1.25. The Labute approximate surface area is 147 Å². The number of amides is 1. The van der Waals surface area contributed by atoms with E-state index in [9.17, 15) is 9.59 Å². The largest absolute Gasteiger partial charge is 0.350 e. The second-order valence-corrected chi connectivity index (χ2v) is 6.05. The van der Waals surface area contributed by atoms with E-state index in [1.807, 2.05) is 18.2 Å². The fourth-order valence-electron chi connectivity index (χ4n) is 2.29. The van der Waals surface area contributed by atoms with Crippen molar-refractivity contribution < 1.29 is 4.79 Å². The van der Waals surface area contributed by atoms with Crippen molar-refractivity contribution in [3.63, 3.8) is 0 Å². The molecule has 3 aromatic rings. The van der Waals surface area contributed by atoms with Gasteiger partial charge in [-0.15, -0.1) is 0 Å². The van der Waals surface area contributed by atoms with Crippen LogP contribution in [0.3, 0.4) is 0 Å². The number of carbonyl (C=O) groups excluding carboxylic acids is 1. The monoisotopic (exact) mass is 361 g/mol. The molecule has 0 aliphatic rings. The standard InChI is InChI=1S/C17H13Cl2N3O2/c18-12-5-6-15-13(7-12)17(24)22(10-21-15)9-16(23)20-8-11-3-1-2-4-14(11)19/h1-7,10H,8-9H2,(H,20,23). The lowest BCUT2D eigenvalue weighted by atomic mass is 10.2. The number of rotatable bonds is 4. The summed E-state index contributed by atoms with van der Waals surface area (Å²) >= 11 is 12.0. The lowest BCUT2D eigenvalue weighted by molar-refractivity contribution is -0.121. The summed E-state index contributed by atoms with van der Waals surface area (Å²) in [4.78, 5) is 28.7. The molecule has 122 valence electrons. The average molecular weight is 362 g/mol. The first-order valence-electron chi connectivity index (χ1n) is 7.19. The third kappa shape index (κ3) is 3.58. The van der Waals surface area contributed by atoms with Gasteiger partial charge < -0.3 is 5.32 Å². The highest BCUT2D eigenvalue weighted by molar-refractivity contribution is 6.31. The quantitative estimate of drug-likeness (QED) is 0.776. The minimum absolute atomic E-state index is 0.126. The van der Waals surface area contributed by atoms with Crippen molar-refractivity contribution in [1.82, 2.24) is 14.9 Å². The molecule has 0 aliphatic heterocycles. The third-order valence-electron chi connectivity index (χ3n) is 3.53. The van der Waals surface area contributed by atoms with E-state index >= 15 is 0 Å². The minimum Gasteiger partial charge on any atom is -0.350 e. The topological polar surface area (TPSA) is 64.0 Å². The molecule has 1 amide bonds. The number of nitrogens with zero attached hydrogens (tertiary/aromatic N) is 2. The predicted molar refractivity (Wildman–Crippen MR) is 94.3 cm³/mol. The first-order chi connectivity index (χ1) is 11.5. The Kier molecular flexibility index (Phi) is 4.83. The van der Waals surface area contributed by atoms with Gasteiger partial charge in [0.25, 0.3) is 5.56 Å². The summed E-state index contributed by atoms with van der Waals surface area (Å²) in [6.45, 7) is 0.166. The molecule has 1 N–H and O–H groups in total. The van der Waals surface area contributed by atoms with Gasteiger partial charge >= 0.3 is 0 Å². The predicted octanol–water partition coefficient (Wildman–Crippen LogP) is 3.02. The third-order valence-corrected chi connectivity index (χ3v) is 4.14. The number of fused-ring (bicyclic) bond motifs is 1. The molecule has 0 unspecified atom stereocenters. The molecule has 7 heteroatoms. The van der Waals surface area contributed by atoms with Crippen molar-refractivity contribution in [2.75, 3.05) is 0 Å². The van der Waals surface area contributed by atoms with Gasteiger partial charge in [-0.1, -0.05) is 41.4 Å². The molecule has 0 aliphatic carbocycles. The molecule has 0 radical (unpaired) electrons. The molecule has 1 aromatic heterocycles. The van der Waals surface area contributed by atoms with Gasteiger partial charge in [0.15, 0.2) is 0 Å². The molecule has 24 heavy (non-hydrogen) atoms. The van der Waals surface area contributed by atoms with E-state index in [1.54, 1.807) is 24.3 Å². The van der Waals surface area contributed by atoms with Crippen molar-refractivity contribution in [3.05, 3.63) is 74.8 Å². The Morgan fingerprint density at radius 1 is 1.17 bits per heavy atom. The first kappa shape index (κ1) is 16.5. The van der Waals surface area contributed by atoms with E-state index in [4.69, 9.17) is 23.2 Å². The van der Waals surface area contributed by atoms with Gasteiger partial charge in [-0.05, 0) is 29.8 Å². The Morgan fingerprint density at radius 2 is 1.96 bits per heavy atom. The summed E-state index contributed by atoms with van der Waals surface area (Å²) in [5.41, 5.74) is 1.04. The van der Waals surface area contributed by atoms with Crippen LogP contribution in [0, 0.1) is 0 Å². The summed E-state index contributed by atoms with van der Waals surface area (Å²) in [6.07, 6.45) is 1.35. The number of nitrogens with one attached hydrogen (secondary N) is 1. The fourth-order valence-corrected chi connectivity index (χ4v) is 2.66. The normalized spacial score (nSPS) is 10.8. The zero-order valence-electron chi connectivity index (χ0n) is 12.5. The van der Waals surface area contributed by atoms with E-state index in [0.717, 1.165) is 5.56 Å². The molecule has 3 rings (SSSR count). The van der Waals surface area contributed by atoms with E-state index in [2.05, 4.69) is 10.3 Å². The van der Waals surface area contributed by atoms with Crippen LogP contribution in [-0.4, -0.2) is 15.5 Å². The van der Waals surface area contributed by atoms with Crippen LogP contribution in [0.15, 0.2) is 53.6 Å². The van der Waals surface area contributed by atoms with E-state index < -0.39 is 0 Å². The highest BCUT2D eigenvalue weighted by atomic mass is 35.5. The zero-order chi connectivity index (χ0) is 17.1. The molecular weight excluding hydrogens is 349 g/mol. The maximum Gasteiger partial charge on any atom is 0.261 e. The van der Waals surface area contributed by atoms with Crippen molar-refractivity contribution in [1.29, 1.82) is 0 Å². The van der Waals surface area contributed by atoms with Crippen molar-refractivity contribution >= 4 is 40.0 Å². The Balaban J connectivity index is 1.75. The summed E-state index contributed by atoms with van der Waals surface area (Å²) in [5.74, 6) is -0.305. The second kappa shape index (κ2) is 7.03. The fraction of sp³-hybridized carbons (Fsp3) is 0.118. The SMILES string of the molecule is O=C(Cn1cnc2ccc(Cl)cc2c1=O)NCc1ccccc1Cl. The highest BCUT2D eigenvalue weighted by Crippen LogP contribution is 2.15. The van der Waals surface area contributed by atoms with Gasteiger partial charge in [0.2, 0.25) is 5.91 Å². The van der Waals surface area contributed by atoms with Crippen LogP contribution < -0.4 is 10.9 Å². The van der Waals surface area contributed by atoms with Gasteiger partial charge in [0.1, 0.15) is 6.54 Å². The van der Waals surface area contributed by atoms with Crippen molar-refractivity contribution in [2.24, 2.45) is 0 Å². The van der Waals surface area contributed by atoms with Gasteiger partial charge in [-0.3, -0.25) is 14.2 Å². The molecule has 2 aromatic carbocycles. The molecule has 5 nitrogen and oxygen atoms in total. The Bertz CT molecular complexity index is 969. The highest BCUT2D eigenvalue weighted by Gasteiger charge is 2.09. The van der Waals surface area contributed by atoms with Crippen molar-refractivity contribution in [2.45, 2.75) is 13.1 Å². The number of halogens is 2. The molecule has 0 bridgehead atoms. The van der Waals surface area contributed by atoms with Gasteiger partial charge in [-0.25, -0.2) is 4.98 Å². The summed E-state index contributed by atoms with van der Waals surface area (Å²) in [7, 11) is 0. The molecule has 0 saturated heterocycles. The second-order valence-electron chi connectivity index (χ2n) is 5.21. The van der Waals surface area contributed by atoms with Crippen LogP contribution in [0.4, 0.5) is 0 Å². The van der Waals surface area contributed by atoms with E-state index in [0.29, 0.717) is 27.5 Å². The van der Waals surface area contributed by atoms with Gasteiger partial charge in [-0.2, -0.15) is 0 Å². The lowest BCUT2D eigenvalue weighted by Crippen LogP contribution is -2.32. The van der Waals surface area contributed by atoms with Crippen LogP contribution in [-0.2, 0) is 17.9 Å². The molecule has 0 saturated carbocycles.